The molecule has 0 spiro atoms. The molecule has 0 radical (unpaired) electrons. The van der Waals surface area contributed by atoms with Crippen LogP contribution in [0.4, 0.5) is 15.8 Å². The molecular formula is C19H21FN3O4+. The third kappa shape index (κ3) is 4.79. The minimum Gasteiger partial charge on any atom is -0.494 e. The Morgan fingerprint density at radius 2 is 2.07 bits per heavy atom. The highest BCUT2D eigenvalue weighted by Crippen LogP contribution is 2.28. The first-order chi connectivity index (χ1) is 13.0. The maximum Gasteiger partial charge on any atom is 0.279 e. The van der Waals surface area contributed by atoms with Gasteiger partial charge >= 0.3 is 0 Å². The SMILES string of the molecule is COc1cc([N+](=O)[O-])ccc1NC(=O)C[NH+](Cc1ccccc1F)C1CC1. The van der Waals surface area contributed by atoms with Gasteiger partial charge in [-0.2, -0.15) is 0 Å². The summed E-state index contributed by atoms with van der Waals surface area (Å²) in [6.45, 7) is 0.612. The molecular weight excluding hydrogens is 353 g/mol. The van der Waals surface area contributed by atoms with Crippen molar-refractivity contribution >= 4 is 17.3 Å². The summed E-state index contributed by atoms with van der Waals surface area (Å²) >= 11 is 0. The van der Waals surface area contributed by atoms with Crippen LogP contribution < -0.4 is 15.0 Å². The lowest BCUT2D eigenvalue weighted by molar-refractivity contribution is -0.917. The predicted molar refractivity (Wildman–Crippen MR) is 97.2 cm³/mol. The van der Waals surface area contributed by atoms with E-state index in [9.17, 15) is 19.3 Å². The number of amides is 1. The van der Waals surface area contributed by atoms with Crippen LogP contribution >= 0.6 is 0 Å². The number of carbonyl (C=O) groups excluding carboxylic acids is 1. The normalized spacial score (nSPS) is 14.4. The second kappa shape index (κ2) is 8.13. The number of benzene rings is 2. The van der Waals surface area contributed by atoms with E-state index in [1.807, 2.05) is 0 Å². The lowest BCUT2D eigenvalue weighted by Crippen LogP contribution is -3.13. The molecule has 27 heavy (non-hydrogen) atoms. The summed E-state index contributed by atoms with van der Waals surface area (Å²) in [6, 6.07) is 10.9. The first-order valence-corrected chi connectivity index (χ1v) is 8.68. The van der Waals surface area contributed by atoms with Crippen LogP contribution in [0.2, 0.25) is 0 Å². The highest BCUT2D eigenvalue weighted by molar-refractivity contribution is 5.93. The molecule has 2 aromatic rings. The van der Waals surface area contributed by atoms with Crippen molar-refractivity contribution in [2.24, 2.45) is 0 Å². The van der Waals surface area contributed by atoms with Gasteiger partial charge in [0.15, 0.2) is 6.54 Å². The highest BCUT2D eigenvalue weighted by atomic mass is 19.1. The third-order valence-electron chi connectivity index (χ3n) is 4.59. The smallest absolute Gasteiger partial charge is 0.279 e. The Hall–Kier alpha value is -3.00. The average molecular weight is 374 g/mol. The fourth-order valence-electron chi connectivity index (χ4n) is 3.03. The van der Waals surface area contributed by atoms with Gasteiger partial charge in [0.2, 0.25) is 0 Å². The van der Waals surface area contributed by atoms with Crippen LogP contribution in [0.1, 0.15) is 18.4 Å². The Morgan fingerprint density at radius 1 is 1.33 bits per heavy atom. The average Bonchev–Trinajstić information content (AvgIpc) is 3.48. The number of methoxy groups -OCH3 is 1. The molecule has 0 saturated heterocycles. The van der Waals surface area contributed by atoms with Gasteiger partial charge in [-0.25, -0.2) is 4.39 Å². The molecule has 1 fully saturated rings. The van der Waals surface area contributed by atoms with Crippen LogP contribution in [0.5, 0.6) is 5.75 Å². The highest BCUT2D eigenvalue weighted by Gasteiger charge is 2.35. The Bertz CT molecular complexity index is 855. The summed E-state index contributed by atoms with van der Waals surface area (Å²) in [5.74, 6) is -0.298. The van der Waals surface area contributed by atoms with E-state index < -0.39 is 4.92 Å². The quantitative estimate of drug-likeness (QED) is 0.546. The van der Waals surface area contributed by atoms with Gasteiger partial charge in [0.25, 0.3) is 11.6 Å². The van der Waals surface area contributed by atoms with Gasteiger partial charge in [-0.3, -0.25) is 14.9 Å². The Labute approximate surface area is 155 Å². The topological polar surface area (TPSA) is 85.9 Å². The van der Waals surface area contributed by atoms with Crippen molar-refractivity contribution in [3.8, 4) is 5.75 Å². The third-order valence-corrected chi connectivity index (χ3v) is 4.59. The van der Waals surface area contributed by atoms with Gasteiger partial charge in [0, 0.05) is 24.5 Å². The molecule has 1 aliphatic carbocycles. The van der Waals surface area contributed by atoms with Crippen LogP contribution in [0.25, 0.3) is 0 Å². The number of nitrogens with one attached hydrogen (secondary N) is 2. The summed E-state index contributed by atoms with van der Waals surface area (Å²) in [5.41, 5.74) is 0.837. The van der Waals surface area contributed by atoms with Gasteiger partial charge in [-0.1, -0.05) is 18.2 Å². The van der Waals surface area contributed by atoms with Crippen LogP contribution in [-0.4, -0.2) is 30.5 Å². The van der Waals surface area contributed by atoms with Crippen LogP contribution in [0.15, 0.2) is 42.5 Å². The molecule has 0 aromatic heterocycles. The number of nitrogens with zero attached hydrogens (tertiary/aromatic N) is 1. The van der Waals surface area contributed by atoms with Crippen molar-refractivity contribution in [2.45, 2.75) is 25.4 Å². The molecule has 2 N–H and O–H groups in total. The summed E-state index contributed by atoms with van der Waals surface area (Å²) in [4.78, 5) is 23.8. The number of ether oxygens (including phenoxy) is 1. The number of quaternary nitrogens is 1. The summed E-state index contributed by atoms with van der Waals surface area (Å²) in [6.07, 6.45) is 2.02. The van der Waals surface area contributed by atoms with Gasteiger partial charge in [-0.05, 0) is 12.1 Å². The molecule has 1 saturated carbocycles. The second-order valence-electron chi connectivity index (χ2n) is 6.57. The number of hydrogen-bond donors (Lipinski definition) is 2. The predicted octanol–water partition coefficient (Wildman–Crippen LogP) is 1.93. The van der Waals surface area contributed by atoms with E-state index in [2.05, 4.69) is 5.32 Å². The molecule has 3 rings (SSSR count). The Balaban J connectivity index is 1.68. The minimum absolute atomic E-state index is 0.116. The number of nitro benzene ring substituents is 1. The van der Waals surface area contributed by atoms with E-state index in [1.54, 1.807) is 18.2 Å². The fraction of sp³-hybridized carbons (Fsp3) is 0.316. The van der Waals surface area contributed by atoms with Crippen molar-refractivity contribution in [1.29, 1.82) is 0 Å². The van der Waals surface area contributed by atoms with Crippen molar-refractivity contribution < 1.29 is 23.7 Å². The summed E-state index contributed by atoms with van der Waals surface area (Å²) < 4.78 is 19.1. The van der Waals surface area contributed by atoms with Crippen molar-refractivity contribution in [2.75, 3.05) is 19.0 Å². The van der Waals surface area contributed by atoms with E-state index in [1.165, 1.54) is 31.4 Å². The molecule has 1 aliphatic rings. The van der Waals surface area contributed by atoms with Crippen LogP contribution in [0, 0.1) is 15.9 Å². The molecule has 7 nitrogen and oxygen atoms in total. The molecule has 1 amide bonds. The largest absolute Gasteiger partial charge is 0.494 e. The van der Waals surface area contributed by atoms with Gasteiger partial charge < -0.3 is 15.0 Å². The standard InChI is InChI=1S/C19H20FN3O4/c1-27-18-10-15(23(25)26)8-9-17(18)21-19(24)12-22(14-6-7-14)11-13-4-2-3-5-16(13)20/h2-5,8-10,14H,6-7,11-12H2,1H3,(H,21,24)/p+1. The van der Waals surface area contributed by atoms with Crippen molar-refractivity contribution in [1.82, 2.24) is 0 Å². The molecule has 0 bridgehead atoms. The van der Waals surface area contributed by atoms with Gasteiger partial charge in [0.05, 0.1) is 29.8 Å². The van der Waals surface area contributed by atoms with E-state index >= 15 is 0 Å². The molecule has 2 aromatic carbocycles. The Morgan fingerprint density at radius 3 is 2.70 bits per heavy atom. The van der Waals surface area contributed by atoms with E-state index in [0.29, 0.717) is 23.8 Å². The summed E-state index contributed by atoms with van der Waals surface area (Å²) in [5, 5.41) is 13.6. The molecule has 142 valence electrons. The molecule has 8 heteroatoms. The number of anilines is 1. The lowest BCUT2D eigenvalue weighted by atomic mass is 10.2. The summed E-state index contributed by atoms with van der Waals surface area (Å²) in [7, 11) is 1.38. The molecule has 1 unspecified atom stereocenters. The van der Waals surface area contributed by atoms with Crippen molar-refractivity contribution in [3.63, 3.8) is 0 Å². The van der Waals surface area contributed by atoms with Crippen LogP contribution in [-0.2, 0) is 11.3 Å². The number of halogens is 1. The zero-order chi connectivity index (χ0) is 19.4. The number of non-ortho nitro benzene ring substituents is 1. The number of hydrogen-bond acceptors (Lipinski definition) is 4. The first-order valence-electron chi connectivity index (χ1n) is 8.68. The second-order valence-corrected chi connectivity index (χ2v) is 6.57. The molecule has 0 heterocycles. The Kier molecular flexibility index (Phi) is 5.66. The zero-order valence-electron chi connectivity index (χ0n) is 14.9. The maximum atomic E-state index is 13.9. The lowest BCUT2D eigenvalue weighted by Gasteiger charge is -2.19. The van der Waals surface area contributed by atoms with E-state index in [4.69, 9.17) is 4.74 Å². The zero-order valence-corrected chi connectivity index (χ0v) is 14.9. The molecule has 0 aliphatic heterocycles. The number of rotatable bonds is 8. The van der Waals surface area contributed by atoms with Crippen molar-refractivity contribution in [3.05, 3.63) is 64.0 Å². The van der Waals surface area contributed by atoms with Crippen LogP contribution in [0.3, 0.4) is 0 Å². The number of carbonyl (C=O) groups is 1. The number of nitro groups is 1. The first kappa shape index (κ1) is 18.8. The monoisotopic (exact) mass is 374 g/mol. The minimum atomic E-state index is -0.526. The van der Waals surface area contributed by atoms with E-state index in [-0.39, 0.29) is 29.7 Å². The fourth-order valence-corrected chi connectivity index (χ4v) is 3.03. The maximum absolute atomic E-state index is 13.9. The molecule has 1 atom stereocenters. The van der Waals surface area contributed by atoms with Gasteiger partial charge in [-0.15, -0.1) is 0 Å². The van der Waals surface area contributed by atoms with E-state index in [0.717, 1.165) is 17.7 Å². The van der Waals surface area contributed by atoms with Gasteiger partial charge in [0.1, 0.15) is 18.1 Å².